The van der Waals surface area contributed by atoms with Crippen molar-refractivity contribution in [3.05, 3.63) is 70.7 Å². The van der Waals surface area contributed by atoms with E-state index in [0.29, 0.717) is 23.0 Å². The number of aromatic nitrogens is 4. The normalized spacial score (nSPS) is 10.7. The quantitative estimate of drug-likeness (QED) is 0.572. The lowest BCUT2D eigenvalue weighted by atomic mass is 10.1. The van der Waals surface area contributed by atoms with Gasteiger partial charge in [-0.3, -0.25) is 9.89 Å². The van der Waals surface area contributed by atoms with E-state index in [1.54, 1.807) is 10.9 Å². The van der Waals surface area contributed by atoms with Gasteiger partial charge in [0.25, 0.3) is 5.91 Å². The molecule has 6 nitrogen and oxygen atoms in total. The predicted octanol–water partition coefficient (Wildman–Crippen LogP) is 4.16. The fourth-order valence-corrected chi connectivity index (χ4v) is 3.07. The maximum atomic E-state index is 12.0. The molecule has 4 aromatic rings. The van der Waals surface area contributed by atoms with Crippen molar-refractivity contribution in [2.45, 2.75) is 6.92 Å². The summed E-state index contributed by atoms with van der Waals surface area (Å²) in [4.78, 5) is 20.6. The molecule has 0 radical (unpaired) electrons. The average Bonchev–Trinajstić information content (AvgIpc) is 3.35. The molecular weight excluding hydrogens is 346 g/mol. The summed E-state index contributed by atoms with van der Waals surface area (Å²) in [5.41, 5.74) is 5.77. The van der Waals surface area contributed by atoms with Crippen molar-refractivity contribution in [2.75, 3.05) is 5.32 Å². The van der Waals surface area contributed by atoms with Gasteiger partial charge in [-0.25, -0.2) is 9.97 Å². The van der Waals surface area contributed by atoms with Crippen LogP contribution in [0, 0.1) is 6.92 Å². The Labute approximate surface area is 154 Å². The number of carbonyl (C=O) groups is 1. The highest BCUT2D eigenvalue weighted by Gasteiger charge is 2.10. The van der Waals surface area contributed by atoms with Gasteiger partial charge < -0.3 is 5.32 Å². The third-order valence-electron chi connectivity index (χ3n) is 3.84. The summed E-state index contributed by atoms with van der Waals surface area (Å²) in [6, 6.07) is 15.5. The lowest BCUT2D eigenvalue weighted by molar-refractivity contribution is 0.102. The first-order chi connectivity index (χ1) is 12.7. The molecule has 0 spiro atoms. The number of nitrogens with one attached hydrogen (secondary N) is 2. The van der Waals surface area contributed by atoms with Crippen molar-refractivity contribution >= 4 is 22.9 Å². The molecule has 0 atom stereocenters. The van der Waals surface area contributed by atoms with Crippen molar-refractivity contribution in [3.63, 3.8) is 0 Å². The fraction of sp³-hybridized carbons (Fsp3) is 0.0526. The molecule has 0 aliphatic carbocycles. The molecule has 0 aliphatic heterocycles. The van der Waals surface area contributed by atoms with Crippen LogP contribution >= 0.6 is 11.3 Å². The molecule has 0 saturated heterocycles. The third-order valence-corrected chi connectivity index (χ3v) is 4.43. The van der Waals surface area contributed by atoms with E-state index in [9.17, 15) is 4.79 Å². The lowest BCUT2D eigenvalue weighted by Gasteiger charge is -2.04. The Morgan fingerprint density at radius 2 is 1.96 bits per heavy atom. The SMILES string of the molecule is Cc1cccc(-c2n[nH]c(-c3ccc(NC(=O)c4cscn4)cc3)n2)c1. The summed E-state index contributed by atoms with van der Waals surface area (Å²) in [6.45, 7) is 2.04. The molecule has 0 saturated carbocycles. The summed E-state index contributed by atoms with van der Waals surface area (Å²) in [6.07, 6.45) is 0. The van der Waals surface area contributed by atoms with Gasteiger partial charge in [-0.05, 0) is 37.3 Å². The number of hydrogen-bond donors (Lipinski definition) is 2. The Morgan fingerprint density at radius 1 is 1.12 bits per heavy atom. The number of thiazole rings is 1. The number of H-pyrrole nitrogens is 1. The highest BCUT2D eigenvalue weighted by atomic mass is 32.1. The van der Waals surface area contributed by atoms with E-state index in [1.165, 1.54) is 11.3 Å². The van der Waals surface area contributed by atoms with Crippen LogP contribution in [-0.4, -0.2) is 26.1 Å². The Kier molecular flexibility index (Phi) is 4.28. The van der Waals surface area contributed by atoms with E-state index >= 15 is 0 Å². The molecule has 2 heterocycles. The summed E-state index contributed by atoms with van der Waals surface area (Å²) < 4.78 is 0. The summed E-state index contributed by atoms with van der Waals surface area (Å²) in [5, 5.41) is 11.8. The van der Waals surface area contributed by atoms with Gasteiger partial charge in [0.15, 0.2) is 11.6 Å². The van der Waals surface area contributed by atoms with Gasteiger partial charge in [0, 0.05) is 22.2 Å². The largest absolute Gasteiger partial charge is 0.321 e. The van der Waals surface area contributed by atoms with Crippen LogP contribution in [0.1, 0.15) is 16.1 Å². The van der Waals surface area contributed by atoms with Crippen LogP contribution in [0.25, 0.3) is 22.8 Å². The second kappa shape index (κ2) is 6.89. The Morgan fingerprint density at radius 3 is 2.69 bits per heavy atom. The van der Waals surface area contributed by atoms with Gasteiger partial charge in [0.2, 0.25) is 0 Å². The van der Waals surface area contributed by atoms with Gasteiger partial charge in [0.1, 0.15) is 5.69 Å². The Balaban J connectivity index is 1.51. The first kappa shape index (κ1) is 16.2. The van der Waals surface area contributed by atoms with E-state index in [1.807, 2.05) is 55.5 Å². The minimum absolute atomic E-state index is 0.222. The molecular formula is C19H15N5OS. The molecule has 0 fully saturated rings. The summed E-state index contributed by atoms with van der Waals surface area (Å²) >= 11 is 1.39. The average molecular weight is 361 g/mol. The molecule has 0 aliphatic rings. The second-order valence-corrected chi connectivity index (χ2v) is 6.50. The highest BCUT2D eigenvalue weighted by Crippen LogP contribution is 2.22. The third kappa shape index (κ3) is 3.38. The topological polar surface area (TPSA) is 83.6 Å². The molecule has 4 rings (SSSR count). The van der Waals surface area contributed by atoms with E-state index in [2.05, 4.69) is 25.5 Å². The zero-order chi connectivity index (χ0) is 17.9. The molecule has 1 amide bonds. The zero-order valence-corrected chi connectivity index (χ0v) is 14.7. The minimum Gasteiger partial charge on any atom is -0.321 e. The van der Waals surface area contributed by atoms with Crippen LogP contribution in [0.4, 0.5) is 5.69 Å². The number of hydrogen-bond acceptors (Lipinski definition) is 5. The van der Waals surface area contributed by atoms with Crippen LogP contribution in [0.3, 0.4) is 0 Å². The van der Waals surface area contributed by atoms with Crippen molar-refractivity contribution < 1.29 is 4.79 Å². The van der Waals surface area contributed by atoms with Crippen LogP contribution in [-0.2, 0) is 0 Å². The van der Waals surface area contributed by atoms with E-state index in [4.69, 9.17) is 0 Å². The van der Waals surface area contributed by atoms with E-state index < -0.39 is 0 Å². The predicted molar refractivity (Wildman–Crippen MR) is 102 cm³/mol. The maximum absolute atomic E-state index is 12.0. The molecule has 2 aromatic carbocycles. The van der Waals surface area contributed by atoms with Gasteiger partial charge in [-0.15, -0.1) is 11.3 Å². The standard InChI is InChI=1S/C19H15N5OS/c1-12-3-2-4-14(9-12)18-22-17(23-24-18)13-5-7-15(8-6-13)21-19(25)16-10-26-11-20-16/h2-11H,1H3,(H,21,25)(H,22,23,24). The number of anilines is 1. The number of benzene rings is 2. The highest BCUT2D eigenvalue weighted by molar-refractivity contribution is 7.07. The number of carbonyl (C=O) groups excluding carboxylic acids is 1. The smallest absolute Gasteiger partial charge is 0.275 e. The van der Waals surface area contributed by atoms with Gasteiger partial charge >= 0.3 is 0 Å². The minimum atomic E-state index is -0.222. The molecule has 2 N–H and O–H groups in total. The lowest BCUT2D eigenvalue weighted by Crippen LogP contribution is -2.11. The monoisotopic (exact) mass is 361 g/mol. The maximum Gasteiger partial charge on any atom is 0.275 e. The van der Waals surface area contributed by atoms with Crippen LogP contribution in [0.5, 0.6) is 0 Å². The zero-order valence-electron chi connectivity index (χ0n) is 13.9. The summed E-state index contributed by atoms with van der Waals surface area (Å²) in [5.74, 6) is 1.11. The number of aryl methyl sites for hydroxylation is 1. The molecule has 26 heavy (non-hydrogen) atoms. The number of amides is 1. The molecule has 7 heteroatoms. The molecule has 2 aromatic heterocycles. The fourth-order valence-electron chi connectivity index (χ4n) is 2.54. The molecule has 128 valence electrons. The van der Waals surface area contributed by atoms with E-state index in [0.717, 1.165) is 16.7 Å². The van der Waals surface area contributed by atoms with Crippen LogP contribution < -0.4 is 5.32 Å². The van der Waals surface area contributed by atoms with Crippen molar-refractivity contribution in [2.24, 2.45) is 0 Å². The number of aromatic amines is 1. The van der Waals surface area contributed by atoms with Crippen molar-refractivity contribution in [1.82, 2.24) is 20.2 Å². The van der Waals surface area contributed by atoms with E-state index in [-0.39, 0.29) is 5.91 Å². The molecule has 0 bridgehead atoms. The van der Waals surface area contributed by atoms with Crippen LogP contribution in [0.15, 0.2) is 59.4 Å². The first-order valence-corrected chi connectivity index (χ1v) is 8.93. The van der Waals surface area contributed by atoms with Gasteiger partial charge in [0.05, 0.1) is 5.51 Å². The number of rotatable bonds is 4. The van der Waals surface area contributed by atoms with Crippen LogP contribution in [0.2, 0.25) is 0 Å². The van der Waals surface area contributed by atoms with Crippen molar-refractivity contribution in [3.8, 4) is 22.8 Å². The first-order valence-electron chi connectivity index (χ1n) is 7.98. The van der Waals surface area contributed by atoms with Gasteiger partial charge in [-0.2, -0.15) is 5.10 Å². The Hall–Kier alpha value is -3.32. The Bertz CT molecular complexity index is 1040. The van der Waals surface area contributed by atoms with Gasteiger partial charge in [-0.1, -0.05) is 23.8 Å². The summed E-state index contributed by atoms with van der Waals surface area (Å²) in [7, 11) is 0. The number of nitrogens with zero attached hydrogens (tertiary/aromatic N) is 3. The molecule has 0 unspecified atom stereocenters. The van der Waals surface area contributed by atoms with Crippen molar-refractivity contribution in [1.29, 1.82) is 0 Å². The second-order valence-electron chi connectivity index (χ2n) is 5.78.